The number of nitrogens with two attached hydrogens (primary N) is 1. The Morgan fingerprint density at radius 1 is 1.40 bits per heavy atom. The Morgan fingerprint density at radius 2 is 2.20 bits per heavy atom. The number of halogens is 2. The number of nitrogens with zero attached hydrogens (tertiary/aromatic N) is 1. The van der Waals surface area contributed by atoms with Gasteiger partial charge in [-0.1, -0.05) is 39.7 Å². The van der Waals surface area contributed by atoms with Gasteiger partial charge in [-0.25, -0.2) is 0 Å². The van der Waals surface area contributed by atoms with Gasteiger partial charge in [0.25, 0.3) is 0 Å². The normalized spacial score (nSPS) is 20.5. The molecule has 1 heterocycles. The first-order chi connectivity index (χ1) is 9.50. The predicted molar refractivity (Wildman–Crippen MR) is 86.0 cm³/mol. The van der Waals surface area contributed by atoms with Crippen LogP contribution in [0, 0.1) is 0 Å². The van der Waals surface area contributed by atoms with Crippen molar-refractivity contribution in [3.05, 3.63) is 62.8 Å². The lowest BCUT2D eigenvalue weighted by molar-refractivity contribution is 0.381. The van der Waals surface area contributed by atoms with Crippen LogP contribution in [-0.2, 0) is 12.0 Å². The molecule has 1 aliphatic carbocycles. The quantitative estimate of drug-likeness (QED) is 0.871. The van der Waals surface area contributed by atoms with Crippen LogP contribution in [0.2, 0.25) is 5.02 Å². The number of hydrogen-bond donors (Lipinski definition) is 1. The first-order valence-corrected chi connectivity index (χ1v) is 7.85. The van der Waals surface area contributed by atoms with Crippen molar-refractivity contribution in [2.24, 2.45) is 5.73 Å². The molecule has 2 N–H and O–H groups in total. The highest BCUT2D eigenvalue weighted by Gasteiger charge is 2.39. The zero-order chi connectivity index (χ0) is 14.3. The fourth-order valence-corrected chi connectivity index (χ4v) is 3.99. The van der Waals surface area contributed by atoms with E-state index in [9.17, 15) is 0 Å². The lowest BCUT2D eigenvalue weighted by Crippen LogP contribution is -2.39. The van der Waals surface area contributed by atoms with E-state index >= 15 is 0 Å². The van der Waals surface area contributed by atoms with Gasteiger partial charge < -0.3 is 5.73 Å². The van der Waals surface area contributed by atoms with Crippen molar-refractivity contribution < 1.29 is 0 Å². The number of rotatable bonds is 2. The first-order valence-electron chi connectivity index (χ1n) is 6.68. The van der Waals surface area contributed by atoms with Crippen molar-refractivity contribution >= 4 is 27.5 Å². The van der Waals surface area contributed by atoms with E-state index < -0.39 is 5.54 Å². The Morgan fingerprint density at radius 3 is 2.95 bits per heavy atom. The van der Waals surface area contributed by atoms with E-state index in [0.29, 0.717) is 5.02 Å². The molecule has 0 fully saturated rings. The van der Waals surface area contributed by atoms with E-state index in [-0.39, 0.29) is 5.92 Å². The van der Waals surface area contributed by atoms with Crippen LogP contribution in [0.1, 0.15) is 36.1 Å². The molecule has 0 aliphatic heterocycles. The molecule has 104 valence electrons. The number of aryl methyl sites for hydroxylation is 1. The second-order valence-electron chi connectivity index (χ2n) is 5.55. The van der Waals surface area contributed by atoms with E-state index in [2.05, 4.69) is 33.9 Å². The molecule has 0 spiro atoms. The van der Waals surface area contributed by atoms with Gasteiger partial charge in [-0.3, -0.25) is 4.98 Å². The van der Waals surface area contributed by atoms with Crippen molar-refractivity contribution in [2.75, 3.05) is 0 Å². The van der Waals surface area contributed by atoms with Gasteiger partial charge in [0.1, 0.15) is 0 Å². The average Bonchev–Trinajstić information content (AvgIpc) is 2.82. The summed E-state index contributed by atoms with van der Waals surface area (Å²) in [7, 11) is 0. The van der Waals surface area contributed by atoms with Crippen LogP contribution in [0.25, 0.3) is 0 Å². The smallest absolute Gasteiger partial charge is 0.0488 e. The van der Waals surface area contributed by atoms with E-state index in [1.54, 1.807) is 0 Å². The minimum Gasteiger partial charge on any atom is -0.321 e. The van der Waals surface area contributed by atoms with E-state index in [4.69, 9.17) is 17.3 Å². The molecular formula is C16H16BrClN2. The van der Waals surface area contributed by atoms with E-state index in [1.165, 1.54) is 5.56 Å². The van der Waals surface area contributed by atoms with Crippen LogP contribution < -0.4 is 5.73 Å². The molecule has 1 aliphatic rings. The molecule has 2 aromatic rings. The molecule has 20 heavy (non-hydrogen) atoms. The molecule has 0 amide bonds. The summed E-state index contributed by atoms with van der Waals surface area (Å²) >= 11 is 9.82. The number of benzene rings is 1. The summed E-state index contributed by atoms with van der Waals surface area (Å²) in [6.45, 7) is 2.05. The second kappa shape index (κ2) is 5.14. The third-order valence-electron chi connectivity index (χ3n) is 4.19. The fourth-order valence-electron chi connectivity index (χ4n) is 3.11. The van der Waals surface area contributed by atoms with Crippen LogP contribution in [-0.4, -0.2) is 4.98 Å². The summed E-state index contributed by atoms with van der Waals surface area (Å²) in [4.78, 5) is 4.55. The Hall–Kier alpha value is -0.900. The molecule has 2 nitrogen and oxygen atoms in total. The molecule has 0 saturated carbocycles. The van der Waals surface area contributed by atoms with Crippen LogP contribution >= 0.6 is 27.5 Å². The third kappa shape index (κ3) is 2.28. The summed E-state index contributed by atoms with van der Waals surface area (Å²) in [5, 5.41) is 0.703. The molecular weight excluding hydrogens is 336 g/mol. The Balaban J connectivity index is 2.05. The number of hydrogen-bond acceptors (Lipinski definition) is 2. The van der Waals surface area contributed by atoms with E-state index in [0.717, 1.165) is 28.6 Å². The van der Waals surface area contributed by atoms with Gasteiger partial charge >= 0.3 is 0 Å². The second-order valence-corrected chi connectivity index (χ2v) is 6.87. The first kappa shape index (κ1) is 14.1. The summed E-state index contributed by atoms with van der Waals surface area (Å²) in [5.41, 5.74) is 9.56. The van der Waals surface area contributed by atoms with Crippen molar-refractivity contribution in [3.63, 3.8) is 0 Å². The molecule has 2 unspecified atom stereocenters. The maximum absolute atomic E-state index is 6.67. The van der Waals surface area contributed by atoms with E-state index in [1.807, 2.05) is 30.5 Å². The highest BCUT2D eigenvalue weighted by Crippen LogP contribution is 2.44. The number of aromatic nitrogens is 1. The Kier molecular flexibility index (Phi) is 3.61. The van der Waals surface area contributed by atoms with Crippen LogP contribution in [0.15, 0.2) is 41.0 Å². The largest absolute Gasteiger partial charge is 0.321 e. The number of pyridine rings is 1. The van der Waals surface area contributed by atoms with Crippen molar-refractivity contribution in [1.82, 2.24) is 4.98 Å². The lowest BCUT2D eigenvalue weighted by Gasteiger charge is -2.33. The predicted octanol–water partition coefficient (Wildman–Crippen LogP) is 4.40. The molecule has 0 bridgehead atoms. The molecule has 0 radical (unpaired) electrons. The van der Waals surface area contributed by atoms with Crippen molar-refractivity contribution in [1.29, 1.82) is 0 Å². The summed E-state index contributed by atoms with van der Waals surface area (Å²) in [6, 6.07) is 10.0. The lowest BCUT2D eigenvalue weighted by atomic mass is 9.79. The Labute approximate surface area is 132 Å². The summed E-state index contributed by atoms with van der Waals surface area (Å²) < 4.78 is 0.965. The highest BCUT2D eigenvalue weighted by molar-refractivity contribution is 9.10. The number of fused-ring (bicyclic) bond motifs is 1. The van der Waals surface area contributed by atoms with Gasteiger partial charge in [0.05, 0.1) is 0 Å². The van der Waals surface area contributed by atoms with Gasteiger partial charge in [0, 0.05) is 32.8 Å². The fraction of sp³-hybridized carbons (Fsp3) is 0.312. The molecule has 4 heteroatoms. The zero-order valence-corrected chi connectivity index (χ0v) is 13.6. The minimum absolute atomic E-state index is 0.206. The third-order valence-corrected chi connectivity index (χ3v) is 5.00. The topological polar surface area (TPSA) is 38.9 Å². The maximum Gasteiger partial charge on any atom is 0.0488 e. The molecule has 2 atom stereocenters. The molecule has 3 rings (SSSR count). The highest BCUT2D eigenvalue weighted by atomic mass is 79.9. The van der Waals surface area contributed by atoms with Crippen LogP contribution in [0.3, 0.4) is 0 Å². The van der Waals surface area contributed by atoms with Gasteiger partial charge in [-0.15, -0.1) is 0 Å². The van der Waals surface area contributed by atoms with Gasteiger partial charge in [-0.2, -0.15) is 0 Å². The monoisotopic (exact) mass is 350 g/mol. The SMILES string of the molecule is CC(N)(c1ccc(Br)cc1Cl)C1CCc2cccnc21. The van der Waals surface area contributed by atoms with Crippen molar-refractivity contribution in [3.8, 4) is 0 Å². The minimum atomic E-state index is -0.516. The van der Waals surface area contributed by atoms with Crippen LogP contribution in [0.5, 0.6) is 0 Å². The average molecular weight is 352 g/mol. The van der Waals surface area contributed by atoms with Gasteiger partial charge in [0.2, 0.25) is 0 Å². The van der Waals surface area contributed by atoms with Gasteiger partial charge in [-0.05, 0) is 49.1 Å². The molecule has 0 saturated heterocycles. The van der Waals surface area contributed by atoms with Crippen LogP contribution in [0.4, 0.5) is 0 Å². The van der Waals surface area contributed by atoms with Gasteiger partial charge in [0.15, 0.2) is 0 Å². The zero-order valence-electron chi connectivity index (χ0n) is 11.2. The molecule has 1 aromatic carbocycles. The summed E-state index contributed by atoms with van der Waals surface area (Å²) in [5.74, 6) is 0.206. The maximum atomic E-state index is 6.67. The summed E-state index contributed by atoms with van der Waals surface area (Å²) in [6.07, 6.45) is 3.90. The van der Waals surface area contributed by atoms with Crippen molar-refractivity contribution in [2.45, 2.75) is 31.2 Å². The standard InChI is InChI=1S/C16H16BrClN2/c1-16(19,12-7-5-11(17)9-14(12)18)13-6-4-10-3-2-8-20-15(10)13/h2-3,5,7-9,13H,4,6,19H2,1H3. The Bertz CT molecular complexity index is 655. The molecule has 1 aromatic heterocycles.